The second-order valence-electron chi connectivity index (χ2n) is 5.23. The SMILES string of the molecule is CCOc1cc(CNC2CCC(N)CC2)ccc1O. The Kier molecular flexibility index (Phi) is 5.05. The van der Waals surface area contributed by atoms with E-state index in [1.165, 1.54) is 0 Å². The van der Waals surface area contributed by atoms with E-state index in [9.17, 15) is 5.11 Å². The molecule has 0 heterocycles. The summed E-state index contributed by atoms with van der Waals surface area (Å²) >= 11 is 0. The molecule has 1 fully saturated rings. The molecule has 4 heteroatoms. The largest absolute Gasteiger partial charge is 0.504 e. The minimum Gasteiger partial charge on any atom is -0.504 e. The third-order valence-corrected chi connectivity index (χ3v) is 3.69. The van der Waals surface area contributed by atoms with Crippen LogP contribution in [0.1, 0.15) is 38.2 Å². The summed E-state index contributed by atoms with van der Waals surface area (Å²) in [5.41, 5.74) is 7.04. The molecule has 4 nitrogen and oxygen atoms in total. The molecule has 19 heavy (non-hydrogen) atoms. The summed E-state index contributed by atoms with van der Waals surface area (Å²) in [5, 5.41) is 13.2. The van der Waals surface area contributed by atoms with E-state index in [1.54, 1.807) is 6.07 Å². The fraction of sp³-hybridized carbons (Fsp3) is 0.600. The van der Waals surface area contributed by atoms with E-state index in [1.807, 2.05) is 19.1 Å². The molecule has 4 N–H and O–H groups in total. The minimum atomic E-state index is 0.203. The number of phenols is 1. The Labute approximate surface area is 115 Å². The maximum absolute atomic E-state index is 9.65. The van der Waals surface area contributed by atoms with Crippen molar-refractivity contribution in [1.29, 1.82) is 0 Å². The van der Waals surface area contributed by atoms with E-state index in [0.29, 0.717) is 24.4 Å². The Balaban J connectivity index is 1.87. The smallest absolute Gasteiger partial charge is 0.161 e. The van der Waals surface area contributed by atoms with E-state index in [4.69, 9.17) is 10.5 Å². The van der Waals surface area contributed by atoms with Crippen LogP contribution in [0.15, 0.2) is 18.2 Å². The number of nitrogens with one attached hydrogen (secondary N) is 1. The first kappa shape index (κ1) is 14.2. The molecule has 1 saturated carbocycles. The highest BCUT2D eigenvalue weighted by molar-refractivity contribution is 5.41. The van der Waals surface area contributed by atoms with Gasteiger partial charge in [-0.3, -0.25) is 0 Å². The molecule has 106 valence electrons. The van der Waals surface area contributed by atoms with Gasteiger partial charge in [0.15, 0.2) is 11.5 Å². The number of aromatic hydroxyl groups is 1. The maximum atomic E-state index is 9.65. The molecule has 0 atom stereocenters. The highest BCUT2D eigenvalue weighted by Gasteiger charge is 2.17. The zero-order chi connectivity index (χ0) is 13.7. The topological polar surface area (TPSA) is 67.5 Å². The first-order chi connectivity index (χ1) is 9.19. The second kappa shape index (κ2) is 6.78. The van der Waals surface area contributed by atoms with Crippen molar-refractivity contribution in [2.24, 2.45) is 5.73 Å². The molecule has 1 aromatic carbocycles. The number of ether oxygens (including phenoxy) is 1. The lowest BCUT2D eigenvalue weighted by Gasteiger charge is -2.27. The van der Waals surface area contributed by atoms with E-state index in [0.717, 1.165) is 37.8 Å². The Morgan fingerprint density at radius 1 is 1.32 bits per heavy atom. The number of benzene rings is 1. The van der Waals surface area contributed by atoms with Crippen LogP contribution in [-0.4, -0.2) is 23.8 Å². The van der Waals surface area contributed by atoms with Gasteiger partial charge in [0, 0.05) is 18.6 Å². The molecular weight excluding hydrogens is 240 g/mol. The van der Waals surface area contributed by atoms with Gasteiger partial charge >= 0.3 is 0 Å². The van der Waals surface area contributed by atoms with E-state index < -0.39 is 0 Å². The number of phenolic OH excluding ortho intramolecular Hbond substituents is 1. The fourth-order valence-corrected chi connectivity index (χ4v) is 2.53. The number of nitrogens with two attached hydrogens (primary N) is 1. The third kappa shape index (κ3) is 4.11. The van der Waals surface area contributed by atoms with Crippen molar-refractivity contribution in [3.05, 3.63) is 23.8 Å². The van der Waals surface area contributed by atoms with Gasteiger partial charge < -0.3 is 20.9 Å². The zero-order valence-electron chi connectivity index (χ0n) is 11.6. The van der Waals surface area contributed by atoms with Crippen molar-refractivity contribution in [3.8, 4) is 11.5 Å². The van der Waals surface area contributed by atoms with Crippen LogP contribution in [-0.2, 0) is 6.54 Å². The molecule has 1 aliphatic carbocycles. The van der Waals surface area contributed by atoms with Crippen LogP contribution in [0.2, 0.25) is 0 Å². The van der Waals surface area contributed by atoms with Gasteiger partial charge in [0.1, 0.15) is 0 Å². The molecule has 0 saturated heterocycles. The van der Waals surface area contributed by atoms with Crippen molar-refractivity contribution in [1.82, 2.24) is 5.32 Å². The molecule has 0 aromatic heterocycles. The second-order valence-corrected chi connectivity index (χ2v) is 5.23. The summed E-state index contributed by atoms with van der Waals surface area (Å²) in [6, 6.07) is 6.47. The average Bonchev–Trinajstić information content (AvgIpc) is 2.42. The van der Waals surface area contributed by atoms with Crippen molar-refractivity contribution in [2.45, 2.75) is 51.2 Å². The summed E-state index contributed by atoms with van der Waals surface area (Å²) in [6.45, 7) is 3.28. The number of hydrogen-bond acceptors (Lipinski definition) is 4. The Bertz CT molecular complexity index is 401. The number of hydrogen-bond donors (Lipinski definition) is 3. The van der Waals surface area contributed by atoms with E-state index in [-0.39, 0.29) is 5.75 Å². The van der Waals surface area contributed by atoms with Crippen LogP contribution in [0.5, 0.6) is 11.5 Å². The van der Waals surface area contributed by atoms with Gasteiger partial charge in [-0.25, -0.2) is 0 Å². The summed E-state index contributed by atoms with van der Waals surface area (Å²) in [7, 11) is 0. The van der Waals surface area contributed by atoms with Crippen LogP contribution < -0.4 is 15.8 Å². The van der Waals surface area contributed by atoms with Gasteiger partial charge in [0.2, 0.25) is 0 Å². The minimum absolute atomic E-state index is 0.203. The molecular formula is C15H24N2O2. The van der Waals surface area contributed by atoms with Gasteiger partial charge in [0.05, 0.1) is 6.61 Å². The average molecular weight is 264 g/mol. The van der Waals surface area contributed by atoms with Gasteiger partial charge in [-0.05, 0) is 50.3 Å². The predicted molar refractivity (Wildman–Crippen MR) is 76.3 cm³/mol. The monoisotopic (exact) mass is 264 g/mol. The van der Waals surface area contributed by atoms with Crippen LogP contribution in [0.3, 0.4) is 0 Å². The molecule has 0 amide bonds. The highest BCUT2D eigenvalue weighted by Crippen LogP contribution is 2.27. The van der Waals surface area contributed by atoms with Crippen molar-refractivity contribution >= 4 is 0 Å². The molecule has 0 spiro atoms. The summed E-state index contributed by atoms with van der Waals surface area (Å²) in [6.07, 6.45) is 4.52. The van der Waals surface area contributed by atoms with E-state index in [2.05, 4.69) is 5.32 Å². The van der Waals surface area contributed by atoms with Crippen molar-refractivity contribution < 1.29 is 9.84 Å². The lowest BCUT2D eigenvalue weighted by molar-refractivity contribution is 0.316. The lowest BCUT2D eigenvalue weighted by Crippen LogP contribution is -2.37. The molecule has 2 rings (SSSR count). The Morgan fingerprint density at radius 3 is 2.74 bits per heavy atom. The van der Waals surface area contributed by atoms with Crippen LogP contribution in [0.4, 0.5) is 0 Å². The summed E-state index contributed by atoms with van der Waals surface area (Å²) in [5.74, 6) is 0.765. The molecule has 1 aromatic rings. The Hall–Kier alpha value is -1.26. The van der Waals surface area contributed by atoms with E-state index >= 15 is 0 Å². The summed E-state index contributed by atoms with van der Waals surface area (Å²) in [4.78, 5) is 0. The third-order valence-electron chi connectivity index (χ3n) is 3.69. The maximum Gasteiger partial charge on any atom is 0.161 e. The predicted octanol–water partition coefficient (Wildman–Crippen LogP) is 2.15. The number of rotatable bonds is 5. The fourth-order valence-electron chi connectivity index (χ4n) is 2.53. The molecule has 1 aliphatic rings. The molecule has 0 radical (unpaired) electrons. The zero-order valence-corrected chi connectivity index (χ0v) is 11.6. The Morgan fingerprint density at radius 2 is 2.05 bits per heavy atom. The van der Waals surface area contributed by atoms with Crippen LogP contribution in [0, 0.1) is 0 Å². The quantitative estimate of drug-likeness (QED) is 0.762. The normalized spacial score (nSPS) is 23.3. The molecule has 0 aliphatic heterocycles. The van der Waals surface area contributed by atoms with Crippen molar-refractivity contribution in [3.63, 3.8) is 0 Å². The molecule has 0 unspecified atom stereocenters. The summed E-state index contributed by atoms with van der Waals surface area (Å²) < 4.78 is 5.39. The first-order valence-corrected chi connectivity index (χ1v) is 7.12. The molecule has 0 bridgehead atoms. The van der Waals surface area contributed by atoms with Gasteiger partial charge in [-0.2, -0.15) is 0 Å². The van der Waals surface area contributed by atoms with Gasteiger partial charge in [0.25, 0.3) is 0 Å². The van der Waals surface area contributed by atoms with Gasteiger partial charge in [-0.15, -0.1) is 0 Å². The lowest BCUT2D eigenvalue weighted by atomic mass is 9.92. The van der Waals surface area contributed by atoms with Crippen molar-refractivity contribution in [2.75, 3.05) is 6.61 Å². The highest BCUT2D eigenvalue weighted by atomic mass is 16.5. The van der Waals surface area contributed by atoms with Crippen LogP contribution in [0.25, 0.3) is 0 Å². The van der Waals surface area contributed by atoms with Crippen LogP contribution >= 0.6 is 0 Å². The van der Waals surface area contributed by atoms with Gasteiger partial charge in [-0.1, -0.05) is 6.07 Å². The first-order valence-electron chi connectivity index (χ1n) is 7.12. The standard InChI is InChI=1S/C15H24N2O2/c1-2-19-15-9-11(3-8-14(15)18)10-17-13-6-4-12(16)5-7-13/h3,8-9,12-13,17-18H,2,4-7,10,16H2,1H3.